The zero-order valence-corrected chi connectivity index (χ0v) is 16.2. The minimum atomic E-state index is -3.98. The molecular formula is C24H16O4S. The van der Waals surface area contributed by atoms with Crippen LogP contribution in [0, 0.1) is 0 Å². The molecule has 1 heterocycles. The smallest absolute Gasteiger partial charge is 0.339 e. The third-order valence-electron chi connectivity index (χ3n) is 5.66. The van der Waals surface area contributed by atoms with Crippen LogP contribution in [0.5, 0.6) is 5.75 Å². The number of hydrogen-bond donors (Lipinski definition) is 0. The van der Waals surface area contributed by atoms with Crippen LogP contribution in [-0.2, 0) is 23.0 Å². The van der Waals surface area contributed by atoms with Gasteiger partial charge < -0.3 is 8.60 Å². The van der Waals surface area contributed by atoms with Gasteiger partial charge in [-0.1, -0.05) is 42.5 Å². The Bertz CT molecular complexity index is 1530. The molecule has 0 atom stereocenters. The Hall–Kier alpha value is -3.31. The van der Waals surface area contributed by atoms with Crippen molar-refractivity contribution in [1.82, 2.24) is 0 Å². The fraction of sp³-hybridized carbons (Fsp3) is 0.0833. The summed E-state index contributed by atoms with van der Waals surface area (Å²) < 4.78 is 37.7. The number of hydrogen-bond acceptors (Lipinski definition) is 4. The molecule has 4 nitrogen and oxygen atoms in total. The van der Waals surface area contributed by atoms with Gasteiger partial charge in [-0.25, -0.2) is 0 Å². The molecule has 1 aromatic heterocycles. The molecule has 0 N–H and O–H groups in total. The molecule has 0 saturated heterocycles. The molecule has 0 spiro atoms. The minimum absolute atomic E-state index is 0.206. The van der Waals surface area contributed by atoms with Crippen molar-refractivity contribution in [2.24, 2.45) is 0 Å². The van der Waals surface area contributed by atoms with Gasteiger partial charge in [0.05, 0.1) is 0 Å². The second-order valence-electron chi connectivity index (χ2n) is 7.36. The van der Waals surface area contributed by atoms with Crippen LogP contribution in [0.15, 0.2) is 82.1 Å². The highest BCUT2D eigenvalue weighted by Gasteiger charge is 2.24. The first-order valence-electron chi connectivity index (χ1n) is 9.49. The predicted molar refractivity (Wildman–Crippen MR) is 113 cm³/mol. The molecule has 0 amide bonds. The van der Waals surface area contributed by atoms with Gasteiger partial charge in [0, 0.05) is 16.2 Å². The van der Waals surface area contributed by atoms with E-state index in [4.69, 9.17) is 8.60 Å². The van der Waals surface area contributed by atoms with E-state index in [9.17, 15) is 8.42 Å². The van der Waals surface area contributed by atoms with Gasteiger partial charge in [0.1, 0.15) is 21.8 Å². The number of aryl methyl sites for hydroxylation is 2. The Balaban J connectivity index is 1.48. The number of rotatable bonds is 3. The first-order valence-corrected chi connectivity index (χ1v) is 10.9. The number of furan rings is 1. The van der Waals surface area contributed by atoms with Crippen LogP contribution < -0.4 is 4.18 Å². The van der Waals surface area contributed by atoms with Gasteiger partial charge >= 0.3 is 10.1 Å². The van der Waals surface area contributed by atoms with E-state index in [-0.39, 0.29) is 10.6 Å². The summed E-state index contributed by atoms with van der Waals surface area (Å²) in [4.78, 5) is 0.206. The first-order chi connectivity index (χ1) is 14.1. The molecule has 1 aliphatic rings. The normalized spacial score (nSPS) is 13.5. The second-order valence-corrected chi connectivity index (χ2v) is 8.87. The van der Waals surface area contributed by atoms with Crippen molar-refractivity contribution in [2.75, 3.05) is 0 Å². The monoisotopic (exact) mass is 400 g/mol. The molecule has 29 heavy (non-hydrogen) atoms. The second kappa shape index (κ2) is 5.84. The van der Waals surface area contributed by atoms with Crippen LogP contribution in [0.1, 0.15) is 11.1 Å². The fourth-order valence-electron chi connectivity index (χ4n) is 4.37. The topological polar surface area (TPSA) is 56.5 Å². The van der Waals surface area contributed by atoms with E-state index in [2.05, 4.69) is 6.07 Å². The molecule has 5 heteroatoms. The van der Waals surface area contributed by atoms with Crippen molar-refractivity contribution >= 4 is 42.8 Å². The van der Waals surface area contributed by atoms with Crippen molar-refractivity contribution < 1.29 is 17.0 Å². The summed E-state index contributed by atoms with van der Waals surface area (Å²) in [5.74, 6) is 0.271. The Kier molecular flexibility index (Phi) is 3.35. The summed E-state index contributed by atoms with van der Waals surface area (Å²) in [5, 5.41) is 3.53. The average Bonchev–Trinajstić information content (AvgIpc) is 3.30. The summed E-state index contributed by atoms with van der Waals surface area (Å²) in [6.45, 7) is 0. The zero-order valence-electron chi connectivity index (χ0n) is 15.4. The Morgan fingerprint density at radius 1 is 0.724 bits per heavy atom. The molecule has 1 aliphatic carbocycles. The molecule has 0 radical (unpaired) electrons. The van der Waals surface area contributed by atoms with Crippen LogP contribution in [0.25, 0.3) is 32.7 Å². The molecule has 4 aromatic carbocycles. The molecular weight excluding hydrogens is 384 g/mol. The van der Waals surface area contributed by atoms with Crippen molar-refractivity contribution in [1.29, 1.82) is 0 Å². The van der Waals surface area contributed by atoms with Crippen LogP contribution in [0.3, 0.4) is 0 Å². The van der Waals surface area contributed by atoms with Gasteiger partial charge in [-0.05, 0) is 59.7 Å². The summed E-state index contributed by atoms with van der Waals surface area (Å²) in [6.07, 6.45) is 1.89. The van der Waals surface area contributed by atoms with Crippen molar-refractivity contribution in [3.63, 3.8) is 0 Å². The molecule has 6 rings (SSSR count). The van der Waals surface area contributed by atoms with Gasteiger partial charge in [-0.2, -0.15) is 8.42 Å². The third kappa shape index (κ3) is 2.47. The van der Waals surface area contributed by atoms with Crippen LogP contribution in [-0.4, -0.2) is 8.42 Å². The number of benzene rings is 4. The summed E-state index contributed by atoms with van der Waals surface area (Å²) in [6, 6.07) is 22.2. The minimum Gasteiger partial charge on any atom is -0.456 e. The summed E-state index contributed by atoms with van der Waals surface area (Å²) in [7, 11) is -3.98. The van der Waals surface area contributed by atoms with Crippen LogP contribution in [0.4, 0.5) is 0 Å². The molecule has 0 unspecified atom stereocenters. The lowest BCUT2D eigenvalue weighted by Gasteiger charge is -2.11. The van der Waals surface area contributed by atoms with Gasteiger partial charge in [-0.15, -0.1) is 0 Å². The molecule has 0 fully saturated rings. The Morgan fingerprint density at radius 3 is 2.38 bits per heavy atom. The van der Waals surface area contributed by atoms with Gasteiger partial charge in [-0.3, -0.25) is 0 Å². The predicted octanol–water partition coefficient (Wildman–Crippen LogP) is 5.61. The molecule has 0 bridgehead atoms. The highest BCUT2D eigenvalue weighted by molar-refractivity contribution is 7.87. The first kappa shape index (κ1) is 16.6. The molecule has 5 aromatic rings. The molecule has 0 aliphatic heterocycles. The Morgan fingerprint density at radius 2 is 1.48 bits per heavy atom. The molecule has 0 saturated carbocycles. The summed E-state index contributed by atoms with van der Waals surface area (Å²) in [5.41, 5.74) is 3.85. The maximum Gasteiger partial charge on any atom is 0.339 e. The lowest BCUT2D eigenvalue weighted by atomic mass is 10.1. The van der Waals surface area contributed by atoms with Crippen molar-refractivity contribution in [3.05, 3.63) is 83.9 Å². The van der Waals surface area contributed by atoms with Crippen LogP contribution in [0.2, 0.25) is 0 Å². The van der Waals surface area contributed by atoms with E-state index in [0.29, 0.717) is 5.58 Å². The summed E-state index contributed by atoms with van der Waals surface area (Å²) >= 11 is 0. The number of fused-ring (bicyclic) bond motifs is 3. The van der Waals surface area contributed by atoms with E-state index >= 15 is 0 Å². The van der Waals surface area contributed by atoms with Crippen LogP contribution >= 0.6 is 0 Å². The van der Waals surface area contributed by atoms with E-state index in [1.807, 2.05) is 42.5 Å². The average molecular weight is 400 g/mol. The lowest BCUT2D eigenvalue weighted by molar-refractivity contribution is 0.487. The van der Waals surface area contributed by atoms with Crippen molar-refractivity contribution in [2.45, 2.75) is 17.7 Å². The maximum atomic E-state index is 13.2. The quantitative estimate of drug-likeness (QED) is 0.370. The highest BCUT2D eigenvalue weighted by Crippen LogP contribution is 2.36. The van der Waals surface area contributed by atoms with Gasteiger partial charge in [0.15, 0.2) is 0 Å². The third-order valence-corrected chi connectivity index (χ3v) is 6.97. The van der Waals surface area contributed by atoms with E-state index in [1.54, 1.807) is 24.3 Å². The van der Waals surface area contributed by atoms with Crippen molar-refractivity contribution in [3.8, 4) is 5.75 Å². The lowest BCUT2D eigenvalue weighted by Crippen LogP contribution is -2.10. The van der Waals surface area contributed by atoms with E-state index < -0.39 is 10.1 Å². The Labute approximate surface area is 167 Å². The zero-order chi connectivity index (χ0) is 19.6. The number of para-hydroxylation sites is 1. The van der Waals surface area contributed by atoms with E-state index in [0.717, 1.165) is 40.0 Å². The van der Waals surface area contributed by atoms with E-state index in [1.165, 1.54) is 11.1 Å². The van der Waals surface area contributed by atoms with Gasteiger partial charge in [0.25, 0.3) is 0 Å². The molecule has 142 valence electrons. The SMILES string of the molecule is O=S(=O)(Oc1ccc2oc3ccccc3c2c1)c1ccc2c3c(cccc13)CC2. The highest BCUT2D eigenvalue weighted by atomic mass is 32.2. The largest absolute Gasteiger partial charge is 0.456 e. The van der Waals surface area contributed by atoms with Gasteiger partial charge in [0.2, 0.25) is 0 Å². The fourth-order valence-corrected chi connectivity index (χ4v) is 5.49. The standard InChI is InChI=1S/C24H16O4S/c25-29(26,23-13-10-16-9-8-15-4-3-6-19(23)24(15)16)28-17-11-12-22-20(14-17)18-5-1-2-7-21(18)27-22/h1-7,10-14H,8-9H2. The maximum absolute atomic E-state index is 13.2.